The lowest BCUT2D eigenvalue weighted by molar-refractivity contribution is -0.139. The third-order valence-corrected chi connectivity index (χ3v) is 3.92. The van der Waals surface area contributed by atoms with Crippen LogP contribution in [0.1, 0.15) is 23.2 Å². The van der Waals surface area contributed by atoms with Crippen LogP contribution in [0.15, 0.2) is 29.2 Å². The van der Waals surface area contributed by atoms with E-state index in [1.54, 1.807) is 0 Å². The average Bonchev–Trinajstić information content (AvgIpc) is 2.41. The Morgan fingerprint density at radius 1 is 1.32 bits per heavy atom. The SMILES string of the molecule is CS(=O)(=O)c1cccc(C(=O)NC(CCC(N)=O)C(=O)O)c1. The van der Waals surface area contributed by atoms with Crippen molar-refractivity contribution in [3.05, 3.63) is 29.8 Å². The molecule has 120 valence electrons. The molecule has 0 aliphatic heterocycles. The van der Waals surface area contributed by atoms with Gasteiger partial charge in [-0.3, -0.25) is 9.59 Å². The molecule has 4 N–H and O–H groups in total. The number of nitrogens with one attached hydrogen (secondary N) is 1. The van der Waals surface area contributed by atoms with E-state index in [9.17, 15) is 22.8 Å². The lowest BCUT2D eigenvalue weighted by atomic mass is 10.1. The van der Waals surface area contributed by atoms with Crippen molar-refractivity contribution in [2.24, 2.45) is 5.73 Å². The maximum atomic E-state index is 12.0. The topological polar surface area (TPSA) is 144 Å². The average molecular weight is 328 g/mol. The summed E-state index contributed by atoms with van der Waals surface area (Å²) in [7, 11) is -3.48. The predicted molar refractivity (Wildman–Crippen MR) is 76.9 cm³/mol. The van der Waals surface area contributed by atoms with Gasteiger partial charge in [-0.1, -0.05) is 6.07 Å². The number of carbonyl (C=O) groups excluding carboxylic acids is 2. The van der Waals surface area contributed by atoms with Crippen molar-refractivity contribution < 1.29 is 27.9 Å². The fourth-order valence-electron chi connectivity index (χ4n) is 1.65. The number of carboxylic acids is 1. The molecule has 0 bridgehead atoms. The summed E-state index contributed by atoms with van der Waals surface area (Å²) >= 11 is 0. The van der Waals surface area contributed by atoms with E-state index in [-0.39, 0.29) is 23.3 Å². The molecule has 1 unspecified atom stereocenters. The molecule has 0 aliphatic carbocycles. The van der Waals surface area contributed by atoms with Crippen LogP contribution in [-0.4, -0.2) is 43.6 Å². The first kappa shape index (κ1) is 17.6. The Labute approximate surface area is 127 Å². The van der Waals surface area contributed by atoms with Crippen LogP contribution in [0.4, 0.5) is 0 Å². The summed E-state index contributed by atoms with van der Waals surface area (Å²) in [5.41, 5.74) is 4.95. The number of nitrogens with two attached hydrogens (primary N) is 1. The maximum Gasteiger partial charge on any atom is 0.326 e. The second kappa shape index (κ2) is 7.03. The molecule has 0 saturated heterocycles. The van der Waals surface area contributed by atoms with Crippen LogP contribution < -0.4 is 11.1 Å². The molecule has 0 aliphatic rings. The van der Waals surface area contributed by atoms with Crippen LogP contribution in [0.5, 0.6) is 0 Å². The van der Waals surface area contributed by atoms with E-state index >= 15 is 0 Å². The standard InChI is InChI=1S/C13H16N2O6S/c1-22(20,21)9-4-2-3-8(7-9)12(17)15-10(13(18)19)5-6-11(14)16/h2-4,7,10H,5-6H2,1H3,(H2,14,16)(H,15,17)(H,18,19). The van der Waals surface area contributed by atoms with Gasteiger partial charge in [0.05, 0.1) is 4.90 Å². The molecule has 1 aromatic rings. The molecule has 0 radical (unpaired) electrons. The summed E-state index contributed by atoms with van der Waals surface area (Å²) in [5.74, 6) is -2.74. The molecule has 1 rings (SSSR count). The Bertz CT molecular complexity index is 698. The van der Waals surface area contributed by atoms with Crippen molar-refractivity contribution in [2.75, 3.05) is 6.26 Å². The van der Waals surface area contributed by atoms with Gasteiger partial charge in [-0.05, 0) is 24.6 Å². The Morgan fingerprint density at radius 3 is 2.45 bits per heavy atom. The number of carbonyl (C=O) groups is 3. The van der Waals surface area contributed by atoms with Crippen molar-refractivity contribution in [1.82, 2.24) is 5.32 Å². The van der Waals surface area contributed by atoms with Crippen molar-refractivity contribution in [1.29, 1.82) is 0 Å². The molecule has 9 heteroatoms. The Kier molecular flexibility index (Phi) is 5.63. The predicted octanol–water partition coefficient (Wildman–Crippen LogP) is -0.461. The van der Waals surface area contributed by atoms with Crippen LogP contribution in [0.25, 0.3) is 0 Å². The Balaban J connectivity index is 2.91. The van der Waals surface area contributed by atoms with Crippen molar-refractivity contribution in [3.63, 3.8) is 0 Å². The number of amides is 2. The van der Waals surface area contributed by atoms with Crippen molar-refractivity contribution >= 4 is 27.6 Å². The molecular formula is C13H16N2O6S. The van der Waals surface area contributed by atoms with Gasteiger partial charge in [0.2, 0.25) is 5.91 Å². The number of sulfone groups is 1. The highest BCUT2D eigenvalue weighted by atomic mass is 32.2. The van der Waals surface area contributed by atoms with Gasteiger partial charge in [0.25, 0.3) is 5.91 Å². The molecule has 2 amide bonds. The van der Waals surface area contributed by atoms with E-state index < -0.39 is 33.7 Å². The maximum absolute atomic E-state index is 12.0. The molecule has 22 heavy (non-hydrogen) atoms. The second-order valence-electron chi connectivity index (χ2n) is 4.67. The number of hydrogen-bond donors (Lipinski definition) is 3. The smallest absolute Gasteiger partial charge is 0.326 e. The normalized spacial score (nSPS) is 12.4. The lowest BCUT2D eigenvalue weighted by Gasteiger charge is -2.14. The third kappa shape index (κ3) is 5.17. The van der Waals surface area contributed by atoms with Gasteiger partial charge in [-0.25, -0.2) is 13.2 Å². The van der Waals surface area contributed by atoms with Gasteiger partial charge in [-0.2, -0.15) is 0 Å². The summed E-state index contributed by atoms with van der Waals surface area (Å²) in [4.78, 5) is 33.7. The monoisotopic (exact) mass is 328 g/mol. The zero-order valence-electron chi connectivity index (χ0n) is 11.8. The van der Waals surface area contributed by atoms with E-state index in [4.69, 9.17) is 10.8 Å². The quantitative estimate of drug-likeness (QED) is 0.618. The minimum atomic E-state index is -3.48. The third-order valence-electron chi connectivity index (χ3n) is 2.81. The van der Waals surface area contributed by atoms with Gasteiger partial charge in [-0.15, -0.1) is 0 Å². The van der Waals surface area contributed by atoms with Crippen LogP contribution in [0, 0.1) is 0 Å². The molecule has 0 heterocycles. The number of aliphatic carboxylic acids is 1. The number of benzene rings is 1. The summed E-state index contributed by atoms with van der Waals surface area (Å²) in [6.07, 6.45) is 0.653. The molecule has 8 nitrogen and oxygen atoms in total. The van der Waals surface area contributed by atoms with Gasteiger partial charge >= 0.3 is 5.97 Å². The Hall–Kier alpha value is -2.42. The van der Waals surface area contributed by atoms with Crippen molar-refractivity contribution in [2.45, 2.75) is 23.8 Å². The van der Waals surface area contributed by atoms with E-state index in [0.717, 1.165) is 12.3 Å². The molecule has 0 saturated carbocycles. The van der Waals surface area contributed by atoms with Crippen LogP contribution in [-0.2, 0) is 19.4 Å². The zero-order valence-corrected chi connectivity index (χ0v) is 12.6. The minimum Gasteiger partial charge on any atom is -0.480 e. The fraction of sp³-hybridized carbons (Fsp3) is 0.308. The van der Waals surface area contributed by atoms with E-state index in [1.807, 2.05) is 0 Å². The molecular weight excluding hydrogens is 312 g/mol. The van der Waals surface area contributed by atoms with Crippen LogP contribution in [0.3, 0.4) is 0 Å². The van der Waals surface area contributed by atoms with Gasteiger partial charge in [0.1, 0.15) is 6.04 Å². The molecule has 0 fully saturated rings. The minimum absolute atomic E-state index is 0.00764. The first-order valence-electron chi connectivity index (χ1n) is 6.23. The molecule has 0 spiro atoms. The van der Waals surface area contributed by atoms with E-state index in [1.165, 1.54) is 18.2 Å². The molecule has 1 aromatic carbocycles. The van der Waals surface area contributed by atoms with Gasteiger partial charge in [0, 0.05) is 18.2 Å². The molecule has 1 atom stereocenters. The largest absolute Gasteiger partial charge is 0.480 e. The highest BCUT2D eigenvalue weighted by molar-refractivity contribution is 7.90. The number of carboxylic acid groups (broad SMARTS) is 1. The first-order chi connectivity index (χ1) is 10.1. The van der Waals surface area contributed by atoms with Crippen LogP contribution >= 0.6 is 0 Å². The number of hydrogen-bond acceptors (Lipinski definition) is 5. The summed E-state index contributed by atoms with van der Waals surface area (Å²) < 4.78 is 22.9. The van der Waals surface area contributed by atoms with E-state index in [2.05, 4.69) is 5.32 Å². The second-order valence-corrected chi connectivity index (χ2v) is 6.69. The summed E-state index contributed by atoms with van der Waals surface area (Å²) in [5, 5.41) is 11.2. The lowest BCUT2D eigenvalue weighted by Crippen LogP contribution is -2.41. The van der Waals surface area contributed by atoms with Crippen molar-refractivity contribution in [3.8, 4) is 0 Å². The molecule has 0 aromatic heterocycles. The fourth-order valence-corrected chi connectivity index (χ4v) is 2.32. The summed E-state index contributed by atoms with van der Waals surface area (Å²) in [6, 6.07) is 3.93. The van der Waals surface area contributed by atoms with Gasteiger partial charge < -0.3 is 16.2 Å². The first-order valence-corrected chi connectivity index (χ1v) is 8.12. The Morgan fingerprint density at radius 2 is 1.95 bits per heavy atom. The van der Waals surface area contributed by atoms with Crippen LogP contribution in [0.2, 0.25) is 0 Å². The van der Waals surface area contributed by atoms with E-state index in [0.29, 0.717) is 0 Å². The highest BCUT2D eigenvalue weighted by Crippen LogP contribution is 2.12. The highest BCUT2D eigenvalue weighted by Gasteiger charge is 2.21. The number of rotatable bonds is 7. The summed E-state index contributed by atoms with van der Waals surface area (Å²) in [6.45, 7) is 0. The number of primary amides is 1. The zero-order chi connectivity index (χ0) is 16.9. The van der Waals surface area contributed by atoms with Gasteiger partial charge in [0.15, 0.2) is 9.84 Å².